The van der Waals surface area contributed by atoms with Gasteiger partial charge in [0.05, 0.1) is 12.2 Å². The van der Waals surface area contributed by atoms with Gasteiger partial charge in [-0.3, -0.25) is 9.59 Å². The Morgan fingerprint density at radius 2 is 2.12 bits per heavy atom. The van der Waals surface area contributed by atoms with E-state index in [-0.39, 0.29) is 11.8 Å². The van der Waals surface area contributed by atoms with E-state index in [2.05, 4.69) is 15.8 Å². The lowest BCUT2D eigenvalue weighted by atomic mass is 10.1. The van der Waals surface area contributed by atoms with Crippen LogP contribution in [0, 0.1) is 6.92 Å². The fraction of sp³-hybridized carbons (Fsp3) is 0.389. The Labute approximate surface area is 146 Å². The number of rotatable bonds is 5. The van der Waals surface area contributed by atoms with Gasteiger partial charge in [0.2, 0.25) is 5.91 Å². The molecule has 0 saturated carbocycles. The number of benzene rings is 1. The van der Waals surface area contributed by atoms with Crippen molar-refractivity contribution in [1.82, 2.24) is 15.8 Å². The second-order valence-electron chi connectivity index (χ2n) is 6.03. The number of hydrogen-bond donors (Lipinski definition) is 2. The molecule has 1 aliphatic heterocycles. The summed E-state index contributed by atoms with van der Waals surface area (Å²) in [4.78, 5) is 25.9. The molecule has 7 heteroatoms. The van der Waals surface area contributed by atoms with Crippen LogP contribution in [-0.4, -0.2) is 36.6 Å². The fourth-order valence-corrected chi connectivity index (χ4v) is 2.90. The highest BCUT2D eigenvalue weighted by Gasteiger charge is 2.19. The highest BCUT2D eigenvalue weighted by molar-refractivity contribution is 5.96. The Balaban J connectivity index is 1.61. The van der Waals surface area contributed by atoms with Gasteiger partial charge in [-0.25, -0.2) is 0 Å². The number of carbonyl (C=O) groups is 2. The van der Waals surface area contributed by atoms with E-state index in [4.69, 9.17) is 4.52 Å². The van der Waals surface area contributed by atoms with E-state index in [1.165, 1.54) is 0 Å². The first-order chi connectivity index (χ1) is 12.1. The lowest BCUT2D eigenvalue weighted by molar-refractivity contribution is -0.120. The first kappa shape index (κ1) is 17.0. The smallest absolute Gasteiger partial charge is 0.257 e. The van der Waals surface area contributed by atoms with Gasteiger partial charge in [0.25, 0.3) is 5.91 Å². The van der Waals surface area contributed by atoms with Crippen molar-refractivity contribution in [3.05, 3.63) is 46.8 Å². The zero-order valence-electron chi connectivity index (χ0n) is 14.5. The van der Waals surface area contributed by atoms with Crippen molar-refractivity contribution in [1.29, 1.82) is 0 Å². The maximum absolute atomic E-state index is 12.4. The van der Waals surface area contributed by atoms with Crippen LogP contribution in [0.5, 0.6) is 0 Å². The summed E-state index contributed by atoms with van der Waals surface area (Å²) in [7, 11) is 0. The third kappa shape index (κ3) is 3.81. The van der Waals surface area contributed by atoms with E-state index in [0.717, 1.165) is 17.8 Å². The van der Waals surface area contributed by atoms with E-state index < -0.39 is 0 Å². The molecule has 2 heterocycles. The van der Waals surface area contributed by atoms with Crippen LogP contribution in [0.2, 0.25) is 0 Å². The quantitative estimate of drug-likeness (QED) is 0.858. The van der Waals surface area contributed by atoms with Crippen molar-refractivity contribution < 1.29 is 14.1 Å². The van der Waals surface area contributed by atoms with Crippen LogP contribution in [0.3, 0.4) is 0 Å². The van der Waals surface area contributed by atoms with Crippen molar-refractivity contribution in [3.8, 4) is 0 Å². The molecule has 7 nitrogen and oxygen atoms in total. The van der Waals surface area contributed by atoms with E-state index in [9.17, 15) is 9.59 Å². The van der Waals surface area contributed by atoms with Crippen molar-refractivity contribution in [2.75, 3.05) is 24.5 Å². The van der Waals surface area contributed by atoms with Crippen molar-refractivity contribution in [3.63, 3.8) is 0 Å². The number of piperazine rings is 1. The lowest BCUT2D eigenvalue weighted by Gasteiger charge is -2.28. The van der Waals surface area contributed by atoms with Gasteiger partial charge in [0.15, 0.2) is 0 Å². The largest absolute Gasteiger partial charge is 0.361 e. The first-order valence-corrected chi connectivity index (χ1v) is 8.42. The summed E-state index contributed by atoms with van der Waals surface area (Å²) in [6.45, 7) is 5.94. The summed E-state index contributed by atoms with van der Waals surface area (Å²) in [5.74, 6) is 0.402. The highest BCUT2D eigenvalue weighted by Crippen LogP contribution is 2.17. The molecule has 2 amide bonds. The number of hydrogen-bond acceptors (Lipinski definition) is 5. The Morgan fingerprint density at radius 3 is 2.80 bits per heavy atom. The summed E-state index contributed by atoms with van der Waals surface area (Å²) >= 11 is 0. The lowest BCUT2D eigenvalue weighted by Crippen LogP contribution is -2.47. The zero-order valence-corrected chi connectivity index (χ0v) is 14.5. The first-order valence-electron chi connectivity index (χ1n) is 8.42. The minimum absolute atomic E-state index is 0.0402. The molecule has 1 aromatic heterocycles. The molecule has 1 aliphatic rings. The molecule has 0 unspecified atom stereocenters. The SMILES string of the molecule is CCc1noc(C)c1C(=O)NCc1ccc(N2CCNC(=O)C2)cc1. The average Bonchev–Trinajstić information content (AvgIpc) is 3.01. The topological polar surface area (TPSA) is 87.5 Å². The number of carbonyl (C=O) groups excluding carboxylic acids is 2. The number of anilines is 1. The Hall–Kier alpha value is -2.83. The molecular formula is C18H22N4O3. The van der Waals surface area contributed by atoms with Gasteiger partial charge in [-0.05, 0) is 31.0 Å². The Kier molecular flexibility index (Phi) is 5.02. The van der Waals surface area contributed by atoms with E-state index in [1.807, 2.05) is 36.1 Å². The van der Waals surface area contributed by atoms with Gasteiger partial charge in [0.1, 0.15) is 11.3 Å². The fourth-order valence-electron chi connectivity index (χ4n) is 2.90. The van der Waals surface area contributed by atoms with Crippen molar-refractivity contribution >= 4 is 17.5 Å². The van der Waals surface area contributed by atoms with Crippen molar-refractivity contribution in [2.24, 2.45) is 0 Å². The van der Waals surface area contributed by atoms with Gasteiger partial charge in [-0.2, -0.15) is 0 Å². The number of nitrogens with zero attached hydrogens (tertiary/aromatic N) is 2. The van der Waals surface area contributed by atoms with Crippen LogP contribution in [0.4, 0.5) is 5.69 Å². The molecule has 1 saturated heterocycles. The molecule has 0 bridgehead atoms. The number of nitrogens with one attached hydrogen (secondary N) is 2. The molecular weight excluding hydrogens is 320 g/mol. The highest BCUT2D eigenvalue weighted by atomic mass is 16.5. The maximum Gasteiger partial charge on any atom is 0.257 e. The molecule has 0 atom stereocenters. The monoisotopic (exact) mass is 342 g/mol. The second-order valence-corrected chi connectivity index (χ2v) is 6.03. The summed E-state index contributed by atoms with van der Waals surface area (Å²) < 4.78 is 5.10. The summed E-state index contributed by atoms with van der Waals surface area (Å²) in [6, 6.07) is 7.87. The zero-order chi connectivity index (χ0) is 17.8. The summed E-state index contributed by atoms with van der Waals surface area (Å²) in [5.41, 5.74) is 3.20. The van der Waals surface area contributed by atoms with Crippen LogP contribution in [0.25, 0.3) is 0 Å². The van der Waals surface area contributed by atoms with Gasteiger partial charge >= 0.3 is 0 Å². The molecule has 2 aromatic rings. The van der Waals surface area contributed by atoms with Gasteiger partial charge in [-0.15, -0.1) is 0 Å². The van der Waals surface area contributed by atoms with Crippen LogP contribution < -0.4 is 15.5 Å². The van der Waals surface area contributed by atoms with Crippen LogP contribution in [0.15, 0.2) is 28.8 Å². The predicted molar refractivity (Wildman–Crippen MR) is 93.5 cm³/mol. The predicted octanol–water partition coefficient (Wildman–Crippen LogP) is 1.41. The summed E-state index contributed by atoms with van der Waals surface area (Å²) in [6.07, 6.45) is 0.651. The van der Waals surface area contributed by atoms with E-state index >= 15 is 0 Å². The van der Waals surface area contributed by atoms with Crippen LogP contribution >= 0.6 is 0 Å². The normalized spacial score (nSPS) is 14.3. The second kappa shape index (κ2) is 7.38. The van der Waals surface area contributed by atoms with E-state index in [0.29, 0.717) is 43.1 Å². The van der Waals surface area contributed by atoms with Gasteiger partial charge in [0, 0.05) is 25.3 Å². The number of amides is 2. The third-order valence-electron chi connectivity index (χ3n) is 4.29. The molecule has 0 spiro atoms. The number of aromatic nitrogens is 1. The third-order valence-corrected chi connectivity index (χ3v) is 4.29. The van der Waals surface area contributed by atoms with Crippen LogP contribution in [0.1, 0.15) is 34.3 Å². The molecule has 0 aliphatic carbocycles. The standard InChI is InChI=1S/C18H22N4O3/c1-3-15-17(12(2)25-21-15)18(24)20-10-13-4-6-14(7-5-13)22-9-8-19-16(23)11-22/h4-7H,3,8-11H2,1-2H3,(H,19,23)(H,20,24). The van der Waals surface area contributed by atoms with Gasteiger partial charge in [-0.1, -0.05) is 24.2 Å². The molecule has 25 heavy (non-hydrogen) atoms. The Bertz CT molecular complexity index is 767. The van der Waals surface area contributed by atoms with E-state index in [1.54, 1.807) is 6.92 Å². The van der Waals surface area contributed by atoms with Crippen molar-refractivity contribution in [2.45, 2.75) is 26.8 Å². The molecule has 1 aromatic carbocycles. The Morgan fingerprint density at radius 1 is 1.36 bits per heavy atom. The molecule has 132 valence electrons. The molecule has 2 N–H and O–H groups in total. The molecule has 0 radical (unpaired) electrons. The van der Waals surface area contributed by atoms with Crippen LogP contribution in [-0.2, 0) is 17.8 Å². The van der Waals surface area contributed by atoms with Gasteiger partial charge < -0.3 is 20.1 Å². The number of aryl methyl sites for hydroxylation is 2. The minimum Gasteiger partial charge on any atom is -0.361 e. The average molecular weight is 342 g/mol. The molecule has 1 fully saturated rings. The molecule has 3 rings (SSSR count). The maximum atomic E-state index is 12.4. The minimum atomic E-state index is -0.174. The summed E-state index contributed by atoms with van der Waals surface area (Å²) in [5, 5.41) is 9.62.